The molecule has 0 atom stereocenters. The van der Waals surface area contributed by atoms with E-state index in [1.165, 1.54) is 37.7 Å². The summed E-state index contributed by atoms with van der Waals surface area (Å²) in [5.41, 5.74) is 3.09. The molecule has 0 radical (unpaired) electrons. The van der Waals surface area contributed by atoms with E-state index in [0.29, 0.717) is 0 Å². The molecule has 0 N–H and O–H groups in total. The molecule has 25 heavy (non-hydrogen) atoms. The molecule has 2 rings (SSSR count). The van der Waals surface area contributed by atoms with E-state index >= 15 is 0 Å². The maximum absolute atomic E-state index is 5.72. The lowest BCUT2D eigenvalue weighted by atomic mass is 10.1. The molecule has 0 aliphatic rings. The zero-order valence-corrected chi connectivity index (χ0v) is 15.6. The average Bonchev–Trinajstić information content (AvgIpc) is 2.66. The van der Waals surface area contributed by atoms with E-state index in [2.05, 4.69) is 36.7 Å². The van der Waals surface area contributed by atoms with Crippen LogP contribution in [0.25, 0.3) is 0 Å². The fourth-order valence-corrected chi connectivity index (χ4v) is 2.54. The van der Waals surface area contributed by atoms with Crippen LogP contribution in [0.15, 0.2) is 42.6 Å². The van der Waals surface area contributed by atoms with Gasteiger partial charge in [-0.05, 0) is 61.1 Å². The van der Waals surface area contributed by atoms with Crippen LogP contribution in [0, 0.1) is 11.8 Å². The molecule has 0 bridgehead atoms. The van der Waals surface area contributed by atoms with Crippen molar-refractivity contribution in [3.63, 3.8) is 0 Å². The maximum atomic E-state index is 5.72. The summed E-state index contributed by atoms with van der Waals surface area (Å²) in [7, 11) is 0. The van der Waals surface area contributed by atoms with Gasteiger partial charge in [-0.3, -0.25) is 0 Å². The van der Waals surface area contributed by atoms with Crippen molar-refractivity contribution in [1.29, 1.82) is 0 Å². The van der Waals surface area contributed by atoms with Crippen molar-refractivity contribution < 1.29 is 4.74 Å². The topological polar surface area (TPSA) is 22.1 Å². The first-order valence-corrected chi connectivity index (χ1v) is 9.51. The molecule has 0 aliphatic carbocycles. The first kappa shape index (κ1) is 19.1. The second-order valence-corrected chi connectivity index (χ2v) is 6.34. The number of benzene rings is 1. The van der Waals surface area contributed by atoms with Crippen molar-refractivity contribution in [2.75, 3.05) is 6.61 Å². The molecule has 1 aromatic heterocycles. The molecule has 2 aromatic rings. The normalized spacial score (nSPS) is 10.2. The second kappa shape index (κ2) is 11.3. The predicted octanol–water partition coefficient (Wildman–Crippen LogP) is 5.78. The largest absolute Gasteiger partial charge is 0.494 e. The van der Waals surface area contributed by atoms with Gasteiger partial charge in [0.25, 0.3) is 0 Å². The Balaban J connectivity index is 1.85. The molecule has 0 saturated heterocycles. The smallest absolute Gasteiger partial charge is 0.119 e. The third-order valence-electron chi connectivity index (χ3n) is 4.10. The van der Waals surface area contributed by atoms with E-state index in [1.807, 2.05) is 36.5 Å². The molecule has 2 heteroatoms. The van der Waals surface area contributed by atoms with Crippen LogP contribution in [0.1, 0.15) is 69.2 Å². The molecular formula is C23H29NO. The third-order valence-corrected chi connectivity index (χ3v) is 4.10. The minimum absolute atomic E-state index is 0.785. The lowest BCUT2D eigenvalue weighted by Gasteiger charge is -2.05. The summed E-state index contributed by atoms with van der Waals surface area (Å²) in [5, 5.41) is 0. The van der Waals surface area contributed by atoms with Gasteiger partial charge in [0.1, 0.15) is 11.4 Å². The Bertz CT molecular complexity index is 662. The average molecular weight is 335 g/mol. The monoisotopic (exact) mass is 335 g/mol. The number of nitrogens with zero attached hydrogens (tertiary/aromatic N) is 1. The molecule has 0 amide bonds. The van der Waals surface area contributed by atoms with E-state index in [0.717, 1.165) is 36.5 Å². The highest BCUT2D eigenvalue weighted by Gasteiger charge is 1.96. The molecule has 0 saturated carbocycles. The van der Waals surface area contributed by atoms with Gasteiger partial charge in [-0.1, -0.05) is 51.5 Å². The summed E-state index contributed by atoms with van der Waals surface area (Å²) in [4.78, 5) is 4.45. The Morgan fingerprint density at radius 3 is 2.28 bits per heavy atom. The molecule has 1 aromatic carbocycles. The standard InChI is InChI=1S/C23H29NO/c1-3-5-7-9-21-11-15-22(24-19-21)14-10-20-12-16-23(17-13-20)25-18-8-6-4-2/h11-13,15-17,19H,3-9,18H2,1-2H3. The number of rotatable bonds is 9. The van der Waals surface area contributed by atoms with Crippen LogP contribution in [0.4, 0.5) is 0 Å². The van der Waals surface area contributed by atoms with Crippen molar-refractivity contribution in [3.05, 3.63) is 59.4 Å². The lowest BCUT2D eigenvalue weighted by molar-refractivity contribution is 0.306. The Labute approximate surface area is 152 Å². The molecule has 0 unspecified atom stereocenters. The quantitative estimate of drug-likeness (QED) is 0.428. The number of ether oxygens (including phenoxy) is 1. The molecule has 1 heterocycles. The summed E-state index contributed by atoms with van der Waals surface area (Å²) in [6.07, 6.45) is 10.4. The molecule has 0 spiro atoms. The fraction of sp³-hybridized carbons (Fsp3) is 0.435. The first-order chi connectivity index (χ1) is 12.3. The number of aryl methyl sites for hydroxylation is 1. The van der Waals surface area contributed by atoms with Gasteiger partial charge < -0.3 is 4.74 Å². The minimum atomic E-state index is 0.785. The van der Waals surface area contributed by atoms with Gasteiger partial charge in [0.2, 0.25) is 0 Å². The summed E-state index contributed by atoms with van der Waals surface area (Å²) < 4.78 is 5.72. The molecule has 2 nitrogen and oxygen atoms in total. The molecule has 0 aliphatic heterocycles. The van der Waals surface area contributed by atoms with Crippen molar-refractivity contribution in [2.24, 2.45) is 0 Å². The second-order valence-electron chi connectivity index (χ2n) is 6.34. The zero-order valence-electron chi connectivity index (χ0n) is 15.6. The summed E-state index contributed by atoms with van der Waals surface area (Å²) in [6.45, 7) is 5.21. The van der Waals surface area contributed by atoms with Crippen LogP contribution in [0.2, 0.25) is 0 Å². The van der Waals surface area contributed by atoms with E-state index in [9.17, 15) is 0 Å². The number of hydrogen-bond donors (Lipinski definition) is 0. The summed E-state index contributed by atoms with van der Waals surface area (Å²) in [5.74, 6) is 7.21. The highest BCUT2D eigenvalue weighted by Crippen LogP contribution is 2.12. The Kier molecular flexibility index (Phi) is 8.63. The van der Waals surface area contributed by atoms with Gasteiger partial charge in [0, 0.05) is 11.8 Å². The maximum Gasteiger partial charge on any atom is 0.119 e. The van der Waals surface area contributed by atoms with Crippen molar-refractivity contribution in [1.82, 2.24) is 4.98 Å². The van der Waals surface area contributed by atoms with Crippen LogP contribution < -0.4 is 4.74 Å². The Hall–Kier alpha value is -2.27. The van der Waals surface area contributed by atoms with Gasteiger partial charge in [-0.25, -0.2) is 4.98 Å². The van der Waals surface area contributed by atoms with Crippen LogP contribution >= 0.6 is 0 Å². The molecular weight excluding hydrogens is 306 g/mol. The third kappa shape index (κ3) is 7.44. The van der Waals surface area contributed by atoms with Crippen LogP contribution in [0.3, 0.4) is 0 Å². The number of hydrogen-bond acceptors (Lipinski definition) is 2. The highest BCUT2D eigenvalue weighted by atomic mass is 16.5. The van der Waals surface area contributed by atoms with E-state index < -0.39 is 0 Å². The van der Waals surface area contributed by atoms with E-state index in [1.54, 1.807) is 0 Å². The Morgan fingerprint density at radius 2 is 1.60 bits per heavy atom. The predicted molar refractivity (Wildman–Crippen MR) is 105 cm³/mol. The number of unbranched alkanes of at least 4 members (excludes halogenated alkanes) is 4. The SMILES string of the molecule is CCCCCOc1ccc(C#Cc2ccc(CCCCC)cn2)cc1. The Morgan fingerprint density at radius 1 is 0.840 bits per heavy atom. The minimum Gasteiger partial charge on any atom is -0.494 e. The van der Waals surface area contributed by atoms with Crippen molar-refractivity contribution in [2.45, 2.75) is 58.8 Å². The lowest BCUT2D eigenvalue weighted by Crippen LogP contribution is -1.96. The first-order valence-electron chi connectivity index (χ1n) is 9.51. The summed E-state index contributed by atoms with van der Waals surface area (Å²) >= 11 is 0. The van der Waals surface area contributed by atoms with E-state index in [-0.39, 0.29) is 0 Å². The summed E-state index contributed by atoms with van der Waals surface area (Å²) in [6, 6.07) is 12.1. The fourth-order valence-electron chi connectivity index (χ4n) is 2.54. The van der Waals surface area contributed by atoms with E-state index in [4.69, 9.17) is 4.74 Å². The van der Waals surface area contributed by atoms with Crippen molar-refractivity contribution in [3.8, 4) is 17.6 Å². The molecule has 0 fully saturated rings. The van der Waals surface area contributed by atoms with Gasteiger partial charge in [-0.15, -0.1) is 0 Å². The van der Waals surface area contributed by atoms with Gasteiger partial charge in [0.15, 0.2) is 0 Å². The number of pyridine rings is 1. The molecule has 132 valence electrons. The number of aromatic nitrogens is 1. The van der Waals surface area contributed by atoms with Crippen LogP contribution in [-0.2, 0) is 6.42 Å². The zero-order chi connectivity index (χ0) is 17.7. The van der Waals surface area contributed by atoms with Crippen LogP contribution in [0.5, 0.6) is 5.75 Å². The highest BCUT2D eigenvalue weighted by molar-refractivity contribution is 5.42. The van der Waals surface area contributed by atoms with Gasteiger partial charge in [-0.2, -0.15) is 0 Å². The van der Waals surface area contributed by atoms with Gasteiger partial charge >= 0.3 is 0 Å². The van der Waals surface area contributed by atoms with Crippen molar-refractivity contribution >= 4 is 0 Å². The van der Waals surface area contributed by atoms with Crippen LogP contribution in [-0.4, -0.2) is 11.6 Å². The van der Waals surface area contributed by atoms with Gasteiger partial charge in [0.05, 0.1) is 6.61 Å².